The molecule has 0 bridgehead atoms. The average Bonchev–Trinajstić information content (AvgIpc) is 3.01. The fraction of sp³-hybridized carbons (Fsp3) is 0.220. The van der Waals surface area contributed by atoms with Gasteiger partial charge in [0.15, 0.2) is 0 Å². The lowest BCUT2D eigenvalue weighted by molar-refractivity contribution is 0.572. The van der Waals surface area contributed by atoms with E-state index in [1.165, 1.54) is 62.1 Å². The van der Waals surface area contributed by atoms with Gasteiger partial charge in [-0.3, -0.25) is 0 Å². The third-order valence-corrected chi connectivity index (χ3v) is 8.35. The molecule has 0 nitrogen and oxygen atoms in total. The standard InChI is InChI=1S/C41H42/c1-5-9-33-18-26-39(27-19-33)41(37-10-7-6-8-11-37)29-35-20-24-36(25-21-35)32(4)40(38-22-14-31(3)15-23-38)28-34-16-12-30(2)13-17-34/h6-8,10-27,29,32,40H,5,9,28H2,1-4H3. The predicted octanol–water partition coefficient (Wildman–Crippen LogP) is 11.0. The minimum Gasteiger partial charge on any atom is -0.0651 e. The fourth-order valence-corrected chi connectivity index (χ4v) is 5.76. The lowest BCUT2D eigenvalue weighted by Gasteiger charge is -2.26. The zero-order valence-corrected chi connectivity index (χ0v) is 25.0. The van der Waals surface area contributed by atoms with E-state index in [0.717, 1.165) is 12.8 Å². The Bertz CT molecular complexity index is 1540. The second kappa shape index (κ2) is 13.5. The van der Waals surface area contributed by atoms with E-state index in [4.69, 9.17) is 0 Å². The molecule has 0 N–H and O–H groups in total. The van der Waals surface area contributed by atoms with Crippen molar-refractivity contribution in [1.29, 1.82) is 0 Å². The van der Waals surface area contributed by atoms with Gasteiger partial charge in [0.2, 0.25) is 0 Å². The summed E-state index contributed by atoms with van der Waals surface area (Å²) in [4.78, 5) is 0. The van der Waals surface area contributed by atoms with Gasteiger partial charge >= 0.3 is 0 Å². The van der Waals surface area contributed by atoms with Gasteiger partial charge in [-0.1, -0.05) is 159 Å². The van der Waals surface area contributed by atoms with Gasteiger partial charge in [0.25, 0.3) is 0 Å². The predicted molar refractivity (Wildman–Crippen MR) is 178 cm³/mol. The molecule has 5 aromatic carbocycles. The molecule has 0 fully saturated rings. The van der Waals surface area contributed by atoms with Crippen molar-refractivity contribution in [1.82, 2.24) is 0 Å². The summed E-state index contributed by atoms with van der Waals surface area (Å²) in [6.45, 7) is 8.94. The van der Waals surface area contributed by atoms with E-state index in [1.807, 2.05) is 0 Å². The number of hydrogen-bond acceptors (Lipinski definition) is 0. The van der Waals surface area contributed by atoms with Gasteiger partial charge in [-0.05, 0) is 89.1 Å². The van der Waals surface area contributed by atoms with Crippen molar-refractivity contribution in [3.8, 4) is 0 Å². The minimum atomic E-state index is 0.386. The molecule has 0 saturated heterocycles. The normalized spacial score (nSPS) is 13.1. The summed E-state index contributed by atoms with van der Waals surface area (Å²) in [5.41, 5.74) is 13.2. The highest BCUT2D eigenvalue weighted by Gasteiger charge is 2.21. The van der Waals surface area contributed by atoms with Crippen LogP contribution in [0.25, 0.3) is 11.6 Å². The van der Waals surface area contributed by atoms with Crippen LogP contribution in [-0.2, 0) is 12.8 Å². The van der Waals surface area contributed by atoms with Gasteiger partial charge in [0.1, 0.15) is 0 Å². The van der Waals surface area contributed by atoms with Gasteiger partial charge in [0.05, 0.1) is 0 Å². The maximum absolute atomic E-state index is 2.39. The Morgan fingerprint density at radius 1 is 0.585 bits per heavy atom. The maximum Gasteiger partial charge on any atom is -0.00553 e. The van der Waals surface area contributed by atoms with Crippen LogP contribution in [0.1, 0.15) is 82.2 Å². The molecule has 0 aliphatic heterocycles. The monoisotopic (exact) mass is 534 g/mol. The Balaban J connectivity index is 1.45. The van der Waals surface area contributed by atoms with E-state index >= 15 is 0 Å². The first-order valence-corrected chi connectivity index (χ1v) is 15.1. The van der Waals surface area contributed by atoms with Crippen molar-refractivity contribution < 1.29 is 0 Å². The number of aryl methyl sites for hydroxylation is 3. The third-order valence-electron chi connectivity index (χ3n) is 8.35. The molecule has 0 radical (unpaired) electrons. The quantitative estimate of drug-likeness (QED) is 0.156. The molecule has 0 aliphatic carbocycles. The Morgan fingerprint density at radius 3 is 1.73 bits per heavy atom. The molecule has 41 heavy (non-hydrogen) atoms. The van der Waals surface area contributed by atoms with E-state index in [1.54, 1.807) is 0 Å². The first-order valence-electron chi connectivity index (χ1n) is 15.1. The molecular weight excluding hydrogens is 492 g/mol. The van der Waals surface area contributed by atoms with E-state index in [-0.39, 0.29) is 0 Å². The molecular formula is C41H42. The maximum atomic E-state index is 2.39. The van der Waals surface area contributed by atoms with Crippen LogP contribution in [-0.4, -0.2) is 0 Å². The molecule has 0 spiro atoms. The molecule has 0 aromatic heterocycles. The van der Waals surface area contributed by atoms with Crippen LogP contribution in [0.5, 0.6) is 0 Å². The van der Waals surface area contributed by atoms with Crippen molar-refractivity contribution in [2.24, 2.45) is 0 Å². The number of benzene rings is 5. The molecule has 0 amide bonds. The molecule has 2 atom stereocenters. The summed E-state index contributed by atoms with van der Waals surface area (Å²) in [5.74, 6) is 0.790. The van der Waals surface area contributed by atoms with Crippen LogP contribution in [0.15, 0.2) is 127 Å². The van der Waals surface area contributed by atoms with Gasteiger partial charge < -0.3 is 0 Å². The lowest BCUT2D eigenvalue weighted by atomic mass is 9.78. The molecule has 206 valence electrons. The van der Waals surface area contributed by atoms with Crippen molar-refractivity contribution in [2.75, 3.05) is 0 Å². The molecule has 2 unspecified atom stereocenters. The zero-order valence-electron chi connectivity index (χ0n) is 25.0. The third kappa shape index (κ3) is 7.33. The minimum absolute atomic E-state index is 0.386. The molecule has 0 heteroatoms. The Labute approximate surface area is 247 Å². The summed E-state index contributed by atoms with van der Waals surface area (Å²) in [6.07, 6.45) is 5.65. The lowest BCUT2D eigenvalue weighted by Crippen LogP contribution is -2.12. The molecule has 0 saturated carbocycles. The van der Waals surface area contributed by atoms with Crippen molar-refractivity contribution in [2.45, 2.75) is 58.8 Å². The van der Waals surface area contributed by atoms with Gasteiger partial charge in [0, 0.05) is 0 Å². The smallest absolute Gasteiger partial charge is 0.00553 e. The highest BCUT2D eigenvalue weighted by atomic mass is 14.3. The van der Waals surface area contributed by atoms with E-state index in [0.29, 0.717) is 11.8 Å². The SMILES string of the molecule is CCCc1ccc(C(=Cc2ccc(C(C)C(Cc3ccc(C)cc3)c3ccc(C)cc3)cc2)c2ccccc2)cc1. The summed E-state index contributed by atoms with van der Waals surface area (Å²) < 4.78 is 0. The van der Waals surface area contributed by atoms with Crippen LogP contribution >= 0.6 is 0 Å². The summed E-state index contributed by atoms with van der Waals surface area (Å²) in [7, 11) is 0. The first-order chi connectivity index (χ1) is 20.0. The van der Waals surface area contributed by atoms with Crippen LogP contribution in [0, 0.1) is 13.8 Å². The van der Waals surface area contributed by atoms with Gasteiger partial charge in [-0.15, -0.1) is 0 Å². The highest BCUT2D eigenvalue weighted by Crippen LogP contribution is 2.36. The average molecular weight is 535 g/mol. The van der Waals surface area contributed by atoms with E-state index in [2.05, 4.69) is 161 Å². The second-order valence-electron chi connectivity index (χ2n) is 11.5. The molecule has 0 aliphatic rings. The van der Waals surface area contributed by atoms with Crippen LogP contribution < -0.4 is 0 Å². The van der Waals surface area contributed by atoms with Crippen LogP contribution in [0.2, 0.25) is 0 Å². The van der Waals surface area contributed by atoms with Crippen LogP contribution in [0.3, 0.4) is 0 Å². The van der Waals surface area contributed by atoms with Gasteiger partial charge in [-0.2, -0.15) is 0 Å². The van der Waals surface area contributed by atoms with E-state index < -0.39 is 0 Å². The number of hydrogen-bond donors (Lipinski definition) is 0. The van der Waals surface area contributed by atoms with Gasteiger partial charge in [-0.25, -0.2) is 0 Å². The largest absolute Gasteiger partial charge is 0.0651 e. The Morgan fingerprint density at radius 2 is 1.12 bits per heavy atom. The van der Waals surface area contributed by atoms with Crippen molar-refractivity contribution >= 4 is 11.6 Å². The first kappa shape index (κ1) is 28.4. The zero-order chi connectivity index (χ0) is 28.6. The van der Waals surface area contributed by atoms with Crippen LogP contribution in [0.4, 0.5) is 0 Å². The topological polar surface area (TPSA) is 0 Å². The Hall–Kier alpha value is -4.16. The second-order valence-corrected chi connectivity index (χ2v) is 11.5. The summed E-state index contributed by atoms with van der Waals surface area (Å²) in [6, 6.07) is 47.3. The molecule has 5 aromatic rings. The Kier molecular flexibility index (Phi) is 9.32. The highest BCUT2D eigenvalue weighted by molar-refractivity contribution is 5.91. The number of rotatable bonds is 10. The molecule has 5 rings (SSSR count). The summed E-state index contributed by atoms with van der Waals surface area (Å²) >= 11 is 0. The van der Waals surface area contributed by atoms with E-state index in [9.17, 15) is 0 Å². The fourth-order valence-electron chi connectivity index (χ4n) is 5.76. The summed E-state index contributed by atoms with van der Waals surface area (Å²) in [5, 5.41) is 0. The van der Waals surface area contributed by atoms with Crippen molar-refractivity contribution in [3.05, 3.63) is 177 Å². The molecule has 0 heterocycles. The van der Waals surface area contributed by atoms with Crippen molar-refractivity contribution in [3.63, 3.8) is 0 Å².